The van der Waals surface area contributed by atoms with Crippen LogP contribution in [0, 0.1) is 12.7 Å². The number of hydrogen-bond donors (Lipinski definition) is 1. The first-order valence-electron chi connectivity index (χ1n) is 5.68. The van der Waals surface area contributed by atoms with Crippen LogP contribution >= 0.6 is 0 Å². The number of ether oxygens (including phenoxy) is 1. The van der Waals surface area contributed by atoms with E-state index in [0.717, 1.165) is 12.0 Å². The summed E-state index contributed by atoms with van der Waals surface area (Å²) in [7, 11) is 0. The molecule has 1 aliphatic rings. The van der Waals surface area contributed by atoms with Gasteiger partial charge in [-0.05, 0) is 43.9 Å². The van der Waals surface area contributed by atoms with E-state index in [1.807, 2.05) is 6.92 Å². The maximum atomic E-state index is 13.5. The van der Waals surface area contributed by atoms with Gasteiger partial charge in [0.15, 0.2) is 11.6 Å². The predicted molar refractivity (Wildman–Crippen MR) is 60.6 cm³/mol. The molecule has 0 radical (unpaired) electrons. The van der Waals surface area contributed by atoms with Crippen molar-refractivity contribution in [3.05, 3.63) is 29.6 Å². The molecule has 92 valence electrons. The van der Waals surface area contributed by atoms with Gasteiger partial charge in [-0.15, -0.1) is 0 Å². The Bertz CT molecular complexity index is 438. The lowest BCUT2D eigenvalue weighted by Crippen LogP contribution is -2.45. The van der Waals surface area contributed by atoms with Crippen LogP contribution in [0.5, 0.6) is 5.75 Å². The molecule has 0 aliphatic heterocycles. The third-order valence-corrected chi connectivity index (χ3v) is 3.15. The Balaban J connectivity index is 2.18. The van der Waals surface area contributed by atoms with Gasteiger partial charge in [-0.3, -0.25) is 4.79 Å². The number of hydrogen-bond acceptors (Lipinski definition) is 2. The summed E-state index contributed by atoms with van der Waals surface area (Å²) in [6, 6.07) is 4.61. The van der Waals surface area contributed by atoms with Crippen molar-refractivity contribution in [2.75, 3.05) is 0 Å². The van der Waals surface area contributed by atoms with Crippen LogP contribution in [0.3, 0.4) is 0 Å². The molecule has 0 atom stereocenters. The topological polar surface area (TPSA) is 46.5 Å². The second kappa shape index (κ2) is 4.35. The fourth-order valence-corrected chi connectivity index (χ4v) is 2.08. The molecule has 1 saturated carbocycles. The molecular weight excluding hydrogens is 223 g/mol. The summed E-state index contributed by atoms with van der Waals surface area (Å²) in [6.07, 6.45) is 2.21. The standard InChI is InChI=1S/C13H15FO3/c1-9-3-4-10(14)11(7-9)17-13(5-2-6-13)8-12(15)16/h3-4,7H,2,5-6,8H2,1H3,(H,15,16). The fourth-order valence-electron chi connectivity index (χ4n) is 2.08. The summed E-state index contributed by atoms with van der Waals surface area (Å²) in [4.78, 5) is 10.8. The molecule has 0 unspecified atom stereocenters. The Labute approximate surface area is 99.2 Å². The highest BCUT2D eigenvalue weighted by Gasteiger charge is 2.42. The molecule has 3 nitrogen and oxygen atoms in total. The lowest BCUT2D eigenvalue weighted by Gasteiger charge is -2.40. The van der Waals surface area contributed by atoms with Crippen molar-refractivity contribution in [2.45, 2.75) is 38.2 Å². The first-order valence-corrected chi connectivity index (χ1v) is 5.68. The highest BCUT2D eigenvalue weighted by atomic mass is 19.1. The summed E-state index contributed by atoms with van der Waals surface area (Å²) in [5.74, 6) is -1.18. The summed E-state index contributed by atoms with van der Waals surface area (Å²) in [5.41, 5.74) is 0.187. The Morgan fingerprint density at radius 1 is 1.53 bits per heavy atom. The van der Waals surface area contributed by atoms with E-state index in [1.54, 1.807) is 12.1 Å². The van der Waals surface area contributed by atoms with E-state index in [-0.39, 0.29) is 12.2 Å². The number of halogens is 1. The molecule has 0 saturated heterocycles. The molecule has 1 aliphatic carbocycles. The van der Waals surface area contributed by atoms with Gasteiger partial charge in [-0.25, -0.2) is 4.39 Å². The second-order valence-corrected chi connectivity index (χ2v) is 4.64. The normalized spacial score (nSPS) is 17.3. The Morgan fingerprint density at radius 3 is 2.76 bits per heavy atom. The van der Waals surface area contributed by atoms with Gasteiger partial charge < -0.3 is 9.84 Å². The summed E-state index contributed by atoms with van der Waals surface area (Å²) >= 11 is 0. The van der Waals surface area contributed by atoms with Crippen LogP contribution < -0.4 is 4.74 Å². The number of carbonyl (C=O) groups is 1. The zero-order valence-electron chi connectivity index (χ0n) is 9.70. The third kappa shape index (κ3) is 2.57. The molecule has 1 fully saturated rings. The van der Waals surface area contributed by atoms with Crippen molar-refractivity contribution < 1.29 is 19.0 Å². The number of benzene rings is 1. The van der Waals surface area contributed by atoms with E-state index >= 15 is 0 Å². The molecule has 0 aromatic heterocycles. The zero-order valence-corrected chi connectivity index (χ0v) is 9.70. The second-order valence-electron chi connectivity index (χ2n) is 4.64. The van der Waals surface area contributed by atoms with Crippen LogP contribution in [0.4, 0.5) is 4.39 Å². The number of rotatable bonds is 4. The minimum absolute atomic E-state index is 0.0691. The number of carboxylic acids is 1. The minimum atomic E-state index is -0.905. The van der Waals surface area contributed by atoms with E-state index in [1.165, 1.54) is 6.07 Å². The predicted octanol–water partition coefficient (Wildman–Crippen LogP) is 2.91. The highest BCUT2D eigenvalue weighted by molar-refractivity contribution is 5.68. The molecule has 1 N–H and O–H groups in total. The van der Waals surface area contributed by atoms with Crippen LogP contribution in [-0.2, 0) is 4.79 Å². The van der Waals surface area contributed by atoms with Crippen molar-refractivity contribution in [2.24, 2.45) is 0 Å². The molecule has 0 bridgehead atoms. The molecule has 1 aromatic carbocycles. The van der Waals surface area contributed by atoms with E-state index in [2.05, 4.69) is 0 Å². The van der Waals surface area contributed by atoms with Crippen LogP contribution in [0.2, 0.25) is 0 Å². The van der Waals surface area contributed by atoms with E-state index in [0.29, 0.717) is 12.8 Å². The fraction of sp³-hybridized carbons (Fsp3) is 0.462. The third-order valence-electron chi connectivity index (χ3n) is 3.15. The average molecular weight is 238 g/mol. The quantitative estimate of drug-likeness (QED) is 0.877. The van der Waals surface area contributed by atoms with Crippen LogP contribution in [0.1, 0.15) is 31.2 Å². The van der Waals surface area contributed by atoms with Crippen LogP contribution in [-0.4, -0.2) is 16.7 Å². The van der Waals surface area contributed by atoms with Crippen molar-refractivity contribution in [3.63, 3.8) is 0 Å². The van der Waals surface area contributed by atoms with E-state index in [9.17, 15) is 9.18 Å². The van der Waals surface area contributed by atoms with Gasteiger partial charge in [0.1, 0.15) is 5.60 Å². The van der Waals surface area contributed by atoms with Crippen molar-refractivity contribution in [1.82, 2.24) is 0 Å². The van der Waals surface area contributed by atoms with Gasteiger partial charge in [0, 0.05) is 0 Å². The van der Waals surface area contributed by atoms with Gasteiger partial charge >= 0.3 is 5.97 Å². The van der Waals surface area contributed by atoms with Gasteiger partial charge in [-0.1, -0.05) is 6.07 Å². The summed E-state index contributed by atoms with van der Waals surface area (Å²) < 4.78 is 19.1. The number of aryl methyl sites for hydroxylation is 1. The largest absolute Gasteiger partial charge is 0.484 e. The van der Waals surface area contributed by atoms with E-state index < -0.39 is 17.4 Å². The number of aliphatic carboxylic acids is 1. The molecule has 17 heavy (non-hydrogen) atoms. The maximum Gasteiger partial charge on any atom is 0.307 e. The summed E-state index contributed by atoms with van der Waals surface area (Å²) in [6.45, 7) is 1.84. The maximum absolute atomic E-state index is 13.5. The molecule has 1 aromatic rings. The Hall–Kier alpha value is -1.58. The monoisotopic (exact) mass is 238 g/mol. The lowest BCUT2D eigenvalue weighted by atomic mass is 9.77. The molecule has 0 amide bonds. The van der Waals surface area contributed by atoms with Crippen LogP contribution in [0.25, 0.3) is 0 Å². The van der Waals surface area contributed by atoms with Gasteiger partial charge in [0.2, 0.25) is 0 Å². The minimum Gasteiger partial charge on any atom is -0.484 e. The molecule has 4 heteroatoms. The van der Waals surface area contributed by atoms with Crippen molar-refractivity contribution in [3.8, 4) is 5.75 Å². The summed E-state index contributed by atoms with van der Waals surface area (Å²) in [5, 5.41) is 8.84. The SMILES string of the molecule is Cc1ccc(F)c(OC2(CC(=O)O)CCC2)c1. The smallest absolute Gasteiger partial charge is 0.307 e. The van der Waals surface area contributed by atoms with Gasteiger partial charge in [-0.2, -0.15) is 0 Å². The highest BCUT2D eigenvalue weighted by Crippen LogP contribution is 2.40. The average Bonchev–Trinajstić information content (AvgIpc) is 2.19. The first kappa shape index (κ1) is 11.9. The van der Waals surface area contributed by atoms with Crippen molar-refractivity contribution >= 4 is 5.97 Å². The molecular formula is C13H15FO3. The van der Waals surface area contributed by atoms with Gasteiger partial charge in [0.25, 0.3) is 0 Å². The zero-order chi connectivity index (χ0) is 12.5. The molecule has 0 spiro atoms. The van der Waals surface area contributed by atoms with Crippen LogP contribution in [0.15, 0.2) is 18.2 Å². The Kier molecular flexibility index (Phi) is 3.05. The molecule has 2 rings (SSSR count). The van der Waals surface area contributed by atoms with Crippen molar-refractivity contribution in [1.29, 1.82) is 0 Å². The first-order chi connectivity index (χ1) is 8.01. The van der Waals surface area contributed by atoms with Gasteiger partial charge in [0.05, 0.1) is 6.42 Å². The Morgan fingerprint density at radius 2 is 2.24 bits per heavy atom. The number of carboxylic acid groups (broad SMARTS) is 1. The molecule has 0 heterocycles. The lowest BCUT2D eigenvalue weighted by molar-refractivity contribution is -0.144. The van der Waals surface area contributed by atoms with E-state index in [4.69, 9.17) is 9.84 Å².